The summed E-state index contributed by atoms with van der Waals surface area (Å²) >= 11 is 1.33. The lowest BCUT2D eigenvalue weighted by Crippen LogP contribution is -2.28. The van der Waals surface area contributed by atoms with Gasteiger partial charge >= 0.3 is 0 Å². The molecule has 1 fully saturated rings. The fourth-order valence-corrected chi connectivity index (χ4v) is 2.68. The largest absolute Gasteiger partial charge is 0.382 e. The summed E-state index contributed by atoms with van der Waals surface area (Å²) in [4.78, 5) is 4.52. The molecule has 0 saturated carbocycles. The van der Waals surface area contributed by atoms with Gasteiger partial charge in [-0.3, -0.25) is 0 Å². The molecular weight excluding hydrogens is 222 g/mol. The monoisotopic (exact) mass is 237 g/mol. The molecule has 16 heavy (non-hydrogen) atoms. The maximum Gasteiger partial charge on any atom is 0.157 e. The van der Waals surface area contributed by atoms with Gasteiger partial charge in [0.15, 0.2) is 5.82 Å². The molecule has 6 heteroatoms. The summed E-state index contributed by atoms with van der Waals surface area (Å²) in [6.07, 6.45) is 1.11. The molecule has 1 saturated heterocycles. The van der Waals surface area contributed by atoms with Gasteiger partial charge in [-0.1, -0.05) is 0 Å². The number of rotatable bonds is 1. The highest BCUT2D eigenvalue weighted by molar-refractivity contribution is 7.10. The average Bonchev–Trinajstić information content (AvgIpc) is 2.50. The van der Waals surface area contributed by atoms with E-state index in [9.17, 15) is 0 Å². The van der Waals surface area contributed by atoms with Crippen LogP contribution in [0.2, 0.25) is 0 Å². The molecule has 2 rings (SSSR count). The SMILES string of the molecule is CN1CCCN(c2snc(N)c2C#N)CC1. The van der Waals surface area contributed by atoms with E-state index in [-0.39, 0.29) is 0 Å². The number of likely N-dealkylation sites (N-methyl/N-ethyl adjacent to an activating group) is 1. The highest BCUT2D eigenvalue weighted by Gasteiger charge is 2.19. The minimum atomic E-state index is 0.361. The Kier molecular flexibility index (Phi) is 3.27. The molecular formula is C10H15N5S. The molecule has 1 aromatic rings. The van der Waals surface area contributed by atoms with Crippen LogP contribution in [0.5, 0.6) is 0 Å². The van der Waals surface area contributed by atoms with Crippen LogP contribution < -0.4 is 10.6 Å². The Morgan fingerprint density at radius 3 is 2.94 bits per heavy atom. The number of aromatic nitrogens is 1. The maximum absolute atomic E-state index is 9.04. The van der Waals surface area contributed by atoms with E-state index in [0.717, 1.165) is 37.6 Å². The average molecular weight is 237 g/mol. The van der Waals surface area contributed by atoms with Gasteiger partial charge in [0, 0.05) is 19.6 Å². The number of hydrogen-bond acceptors (Lipinski definition) is 6. The zero-order valence-corrected chi connectivity index (χ0v) is 10.1. The normalized spacial score (nSPS) is 18.1. The molecule has 86 valence electrons. The van der Waals surface area contributed by atoms with Crippen molar-refractivity contribution >= 4 is 22.4 Å². The van der Waals surface area contributed by atoms with Crippen molar-refractivity contribution < 1.29 is 0 Å². The molecule has 1 aromatic heterocycles. The van der Waals surface area contributed by atoms with Crippen molar-refractivity contribution in [3.05, 3.63) is 5.56 Å². The highest BCUT2D eigenvalue weighted by Crippen LogP contribution is 2.30. The molecule has 0 aromatic carbocycles. The molecule has 0 radical (unpaired) electrons. The van der Waals surface area contributed by atoms with Gasteiger partial charge in [0.25, 0.3) is 0 Å². The fourth-order valence-electron chi connectivity index (χ4n) is 1.86. The highest BCUT2D eigenvalue weighted by atomic mass is 32.1. The summed E-state index contributed by atoms with van der Waals surface area (Å²) < 4.78 is 4.05. The van der Waals surface area contributed by atoms with E-state index >= 15 is 0 Å². The summed E-state index contributed by atoms with van der Waals surface area (Å²) in [6.45, 7) is 4.03. The van der Waals surface area contributed by atoms with Crippen molar-refractivity contribution in [3.63, 3.8) is 0 Å². The van der Waals surface area contributed by atoms with Crippen molar-refractivity contribution in [2.45, 2.75) is 6.42 Å². The predicted molar refractivity (Wildman–Crippen MR) is 65.6 cm³/mol. The third-order valence-electron chi connectivity index (χ3n) is 2.82. The van der Waals surface area contributed by atoms with Crippen LogP contribution in [0.3, 0.4) is 0 Å². The summed E-state index contributed by atoms with van der Waals surface area (Å²) in [5, 5.41) is 9.97. The van der Waals surface area contributed by atoms with Gasteiger partial charge in [0.1, 0.15) is 16.6 Å². The number of hydrogen-bond donors (Lipinski definition) is 1. The van der Waals surface area contributed by atoms with Crippen LogP contribution in [0, 0.1) is 11.3 Å². The Morgan fingerprint density at radius 1 is 1.38 bits per heavy atom. The fraction of sp³-hybridized carbons (Fsp3) is 0.600. The minimum absolute atomic E-state index is 0.361. The van der Waals surface area contributed by atoms with E-state index in [0.29, 0.717) is 11.4 Å². The summed E-state index contributed by atoms with van der Waals surface area (Å²) in [6, 6.07) is 2.14. The lowest BCUT2D eigenvalue weighted by molar-refractivity contribution is 0.360. The first-order chi connectivity index (χ1) is 7.72. The Bertz CT molecular complexity index is 408. The van der Waals surface area contributed by atoms with Crippen LogP contribution in [0.25, 0.3) is 0 Å². The number of nitrogen functional groups attached to an aromatic ring is 1. The van der Waals surface area contributed by atoms with Crippen LogP contribution in [-0.4, -0.2) is 42.5 Å². The first-order valence-corrected chi connectivity index (χ1v) is 6.08. The summed E-state index contributed by atoms with van der Waals surface area (Å²) in [7, 11) is 2.12. The Morgan fingerprint density at radius 2 is 2.19 bits per heavy atom. The standard InChI is InChI=1S/C10H15N5S/c1-14-3-2-4-15(6-5-14)10-8(7-11)9(12)13-16-10/h2-6H2,1H3,(H2,12,13). The molecule has 1 aliphatic rings. The molecule has 0 atom stereocenters. The van der Waals surface area contributed by atoms with Gasteiger partial charge < -0.3 is 15.5 Å². The van der Waals surface area contributed by atoms with E-state index in [2.05, 4.69) is 27.3 Å². The van der Waals surface area contributed by atoms with Crippen LogP contribution >= 0.6 is 11.5 Å². The molecule has 5 nitrogen and oxygen atoms in total. The Labute approximate surface area is 99.2 Å². The topological polar surface area (TPSA) is 69.2 Å². The van der Waals surface area contributed by atoms with E-state index < -0.39 is 0 Å². The van der Waals surface area contributed by atoms with Gasteiger partial charge in [-0.15, -0.1) is 0 Å². The van der Waals surface area contributed by atoms with E-state index in [4.69, 9.17) is 11.0 Å². The van der Waals surface area contributed by atoms with Crippen LogP contribution in [-0.2, 0) is 0 Å². The van der Waals surface area contributed by atoms with E-state index in [1.54, 1.807) is 0 Å². The van der Waals surface area contributed by atoms with Gasteiger partial charge in [-0.25, -0.2) is 0 Å². The van der Waals surface area contributed by atoms with Gasteiger partial charge in [0.05, 0.1) is 0 Å². The third kappa shape index (κ3) is 2.10. The lowest BCUT2D eigenvalue weighted by atomic mass is 10.3. The lowest BCUT2D eigenvalue weighted by Gasteiger charge is -2.20. The first kappa shape index (κ1) is 11.2. The van der Waals surface area contributed by atoms with E-state index in [1.165, 1.54) is 11.5 Å². The smallest absolute Gasteiger partial charge is 0.157 e. The van der Waals surface area contributed by atoms with Crippen molar-refractivity contribution in [2.24, 2.45) is 0 Å². The van der Waals surface area contributed by atoms with Gasteiger partial charge in [0.2, 0.25) is 0 Å². The van der Waals surface area contributed by atoms with Crippen LogP contribution in [0.15, 0.2) is 0 Å². The van der Waals surface area contributed by atoms with Crippen molar-refractivity contribution in [1.29, 1.82) is 5.26 Å². The molecule has 0 bridgehead atoms. The number of nitrogens with zero attached hydrogens (tertiary/aromatic N) is 4. The quantitative estimate of drug-likeness (QED) is 0.780. The molecule has 0 unspecified atom stereocenters. The molecule has 1 aliphatic heterocycles. The molecule has 2 N–H and O–H groups in total. The summed E-state index contributed by atoms with van der Waals surface area (Å²) in [5.41, 5.74) is 6.20. The van der Waals surface area contributed by atoms with E-state index in [1.807, 2.05) is 0 Å². The number of anilines is 2. The zero-order valence-electron chi connectivity index (χ0n) is 9.31. The minimum Gasteiger partial charge on any atom is -0.382 e. The molecule has 0 spiro atoms. The predicted octanol–water partition coefficient (Wildman–Crippen LogP) is 0.739. The Balaban J connectivity index is 2.20. The molecule has 0 amide bonds. The second-order valence-corrected chi connectivity index (χ2v) is 4.76. The van der Waals surface area contributed by atoms with Gasteiger partial charge in [-0.05, 0) is 31.5 Å². The zero-order chi connectivity index (χ0) is 11.5. The van der Waals surface area contributed by atoms with Crippen molar-refractivity contribution in [2.75, 3.05) is 43.9 Å². The molecule has 2 heterocycles. The first-order valence-electron chi connectivity index (χ1n) is 5.31. The third-order valence-corrected chi connectivity index (χ3v) is 3.74. The number of nitrogens with two attached hydrogens (primary N) is 1. The second kappa shape index (κ2) is 4.68. The van der Waals surface area contributed by atoms with Crippen molar-refractivity contribution in [1.82, 2.24) is 9.27 Å². The van der Waals surface area contributed by atoms with Gasteiger partial charge in [-0.2, -0.15) is 9.64 Å². The second-order valence-electron chi connectivity index (χ2n) is 4.00. The Hall–Kier alpha value is -1.32. The summed E-state index contributed by atoms with van der Waals surface area (Å²) in [5.74, 6) is 0.361. The maximum atomic E-state index is 9.04. The molecule has 0 aliphatic carbocycles. The number of nitriles is 1. The van der Waals surface area contributed by atoms with Crippen molar-refractivity contribution in [3.8, 4) is 6.07 Å². The van der Waals surface area contributed by atoms with Crippen LogP contribution in [0.1, 0.15) is 12.0 Å². The van der Waals surface area contributed by atoms with Crippen LogP contribution in [0.4, 0.5) is 10.8 Å².